The van der Waals surface area contributed by atoms with E-state index in [1.54, 1.807) is 0 Å². The van der Waals surface area contributed by atoms with Crippen molar-refractivity contribution in [1.82, 2.24) is 0 Å². The van der Waals surface area contributed by atoms with Crippen molar-refractivity contribution in [2.75, 3.05) is 0 Å². The molecule has 1 aliphatic rings. The summed E-state index contributed by atoms with van der Waals surface area (Å²) in [4.78, 5) is 12.0. The normalized spacial score (nSPS) is 29.9. The molecular weight excluding hydrogens is 423 g/mol. The van der Waals surface area contributed by atoms with Crippen LogP contribution in [0.25, 0.3) is 0 Å². The molecule has 0 aromatic heterocycles. The molecule has 0 heterocycles. The van der Waals surface area contributed by atoms with Crippen LogP contribution < -0.4 is 0 Å². The first-order chi connectivity index (χ1) is 12.8. The first-order valence-corrected chi connectivity index (χ1v) is 7.99. The molecule has 0 bridgehead atoms. The molecule has 1 saturated carbocycles. The van der Waals surface area contributed by atoms with E-state index in [1.165, 1.54) is 6.07 Å². The molecule has 29 heavy (non-hydrogen) atoms. The van der Waals surface area contributed by atoms with Gasteiger partial charge in [0.05, 0.1) is 11.2 Å². The maximum atomic E-state index is 15.2. The number of ether oxygens (including phenoxy) is 2. The first-order valence-electron chi connectivity index (χ1n) is 7.99. The van der Waals surface area contributed by atoms with Gasteiger partial charge in [0, 0.05) is 0 Å². The van der Waals surface area contributed by atoms with Crippen molar-refractivity contribution in [3.63, 3.8) is 0 Å². The molecule has 1 fully saturated rings. The van der Waals surface area contributed by atoms with E-state index in [9.17, 15) is 39.9 Å². The second-order valence-electron chi connectivity index (χ2n) is 7.36. The lowest BCUT2D eigenvalue weighted by Crippen LogP contribution is -2.82. The fraction of sp³-hybridized carbons (Fsp3) is 0.588. The van der Waals surface area contributed by atoms with Crippen LogP contribution in [0.1, 0.15) is 31.1 Å². The predicted molar refractivity (Wildman–Crippen MR) is 80.1 cm³/mol. The van der Waals surface area contributed by atoms with Crippen molar-refractivity contribution in [3.8, 4) is 0 Å². The van der Waals surface area contributed by atoms with Gasteiger partial charge < -0.3 is 9.47 Å². The van der Waals surface area contributed by atoms with Gasteiger partial charge in [-0.25, -0.2) is 4.79 Å². The van der Waals surface area contributed by atoms with Crippen LogP contribution in [0.3, 0.4) is 0 Å². The van der Waals surface area contributed by atoms with Crippen molar-refractivity contribution in [2.45, 2.75) is 62.0 Å². The van der Waals surface area contributed by atoms with E-state index in [4.69, 9.17) is 0 Å². The molecule has 1 aromatic carbocycles. The Balaban J connectivity index is 2.69. The molecule has 3 nitrogen and oxygen atoms in total. The highest BCUT2D eigenvalue weighted by Gasteiger charge is 2.96. The highest BCUT2D eigenvalue weighted by atomic mass is 19.4. The Bertz CT molecular complexity index is 774. The number of halogens is 9. The minimum Gasteiger partial charge on any atom is -0.415 e. The number of rotatable bonds is 3. The van der Waals surface area contributed by atoms with Gasteiger partial charge in [-0.3, -0.25) is 0 Å². The maximum absolute atomic E-state index is 15.2. The molecule has 0 amide bonds. The van der Waals surface area contributed by atoms with E-state index < -0.39 is 52.8 Å². The average Bonchev–Trinajstić information content (AvgIpc) is 2.58. The van der Waals surface area contributed by atoms with Gasteiger partial charge in [-0.15, -0.1) is 0 Å². The third-order valence-corrected chi connectivity index (χ3v) is 4.02. The van der Waals surface area contributed by atoms with E-state index in [2.05, 4.69) is 9.47 Å². The third-order valence-electron chi connectivity index (χ3n) is 4.02. The molecule has 0 N–H and O–H groups in total. The third kappa shape index (κ3) is 3.24. The molecule has 1 aromatic rings. The molecule has 12 heteroatoms. The highest BCUT2D eigenvalue weighted by Crippen LogP contribution is 2.65. The summed E-state index contributed by atoms with van der Waals surface area (Å²) in [5.41, 5.74) is -2.68. The van der Waals surface area contributed by atoms with Crippen LogP contribution >= 0.6 is 0 Å². The van der Waals surface area contributed by atoms with Gasteiger partial charge in [-0.1, -0.05) is 18.2 Å². The second-order valence-corrected chi connectivity index (χ2v) is 7.36. The van der Waals surface area contributed by atoms with Crippen LogP contribution in [0.2, 0.25) is 0 Å². The summed E-state index contributed by atoms with van der Waals surface area (Å²) in [5.74, 6) is -34.1. The fourth-order valence-corrected chi connectivity index (χ4v) is 2.57. The summed E-state index contributed by atoms with van der Waals surface area (Å²) in [6.45, 7) is 2.68. The van der Waals surface area contributed by atoms with E-state index in [1.807, 2.05) is 0 Å². The molecule has 2 atom stereocenters. The number of carbonyl (C=O) groups is 1. The maximum Gasteiger partial charge on any atom is 0.387 e. The van der Waals surface area contributed by atoms with E-state index in [0.717, 1.165) is 45.0 Å². The van der Waals surface area contributed by atoms with Gasteiger partial charge in [-0.05, 0) is 32.9 Å². The molecule has 0 spiro atoms. The van der Waals surface area contributed by atoms with Gasteiger partial charge in [0.2, 0.25) is 6.10 Å². The number of carbonyl (C=O) groups excluding carboxylic acids is 1. The lowest BCUT2D eigenvalue weighted by Gasteiger charge is -2.52. The van der Waals surface area contributed by atoms with Crippen molar-refractivity contribution >= 4 is 5.97 Å². The fourth-order valence-electron chi connectivity index (χ4n) is 2.57. The van der Waals surface area contributed by atoms with Gasteiger partial charge >= 0.3 is 35.5 Å². The molecule has 0 saturated heterocycles. The van der Waals surface area contributed by atoms with Gasteiger partial charge in [0.25, 0.3) is 0 Å². The molecule has 0 aliphatic heterocycles. The number of hydrogen-bond acceptors (Lipinski definition) is 3. The Labute approximate surface area is 158 Å². The number of esters is 1. The van der Waals surface area contributed by atoms with Crippen molar-refractivity contribution in [1.29, 1.82) is 0 Å². The average molecular weight is 438 g/mol. The monoisotopic (exact) mass is 438 g/mol. The number of alkyl halides is 9. The van der Waals surface area contributed by atoms with Crippen molar-refractivity contribution in [3.05, 3.63) is 35.9 Å². The molecule has 164 valence electrons. The standard InChI is InChI=1S/C17H15F9O3/c1-12(2,3)29-11-13(18,19)15(21,22)17(25,26)16(23,24)14(11,20)28-10(27)9-7-5-4-6-8-9/h4-8,11H,1-3H3. The van der Waals surface area contributed by atoms with Crippen LogP contribution in [-0.2, 0) is 9.47 Å². The Kier molecular flexibility index (Phi) is 5.23. The Morgan fingerprint density at radius 3 is 1.76 bits per heavy atom. The van der Waals surface area contributed by atoms with Crippen molar-refractivity contribution < 1.29 is 53.8 Å². The summed E-state index contributed by atoms with van der Waals surface area (Å²) < 4.78 is 135. The summed E-state index contributed by atoms with van der Waals surface area (Å²) in [6.07, 6.45) is -4.26. The van der Waals surface area contributed by atoms with Gasteiger partial charge in [0.15, 0.2) is 0 Å². The summed E-state index contributed by atoms with van der Waals surface area (Å²) in [6, 6.07) is 5.35. The van der Waals surface area contributed by atoms with E-state index in [0.29, 0.717) is 0 Å². The molecule has 1 aliphatic carbocycles. The summed E-state index contributed by atoms with van der Waals surface area (Å²) in [5, 5.41) is 0. The zero-order valence-electron chi connectivity index (χ0n) is 15.1. The quantitative estimate of drug-likeness (QED) is 0.478. The lowest BCUT2D eigenvalue weighted by atomic mass is 9.79. The zero-order valence-corrected chi connectivity index (χ0v) is 15.1. The topological polar surface area (TPSA) is 35.5 Å². The zero-order chi connectivity index (χ0) is 22.7. The lowest BCUT2D eigenvalue weighted by molar-refractivity contribution is -0.488. The Morgan fingerprint density at radius 1 is 0.828 bits per heavy atom. The number of hydrogen-bond donors (Lipinski definition) is 0. The summed E-state index contributed by atoms with van der Waals surface area (Å²) in [7, 11) is 0. The minimum absolute atomic E-state index is 0.682. The highest BCUT2D eigenvalue weighted by molar-refractivity contribution is 5.89. The van der Waals surface area contributed by atoms with E-state index in [-0.39, 0.29) is 0 Å². The smallest absolute Gasteiger partial charge is 0.387 e. The van der Waals surface area contributed by atoms with Gasteiger partial charge in [0.1, 0.15) is 0 Å². The number of benzene rings is 1. The molecule has 2 unspecified atom stereocenters. The Hall–Kier alpha value is -1.98. The largest absolute Gasteiger partial charge is 0.415 e. The second kappa shape index (κ2) is 6.51. The predicted octanol–water partition coefficient (Wildman–Crippen LogP) is 5.25. The SMILES string of the molecule is CC(C)(C)OC1C(F)(F)C(F)(F)C(F)(F)C(F)(F)C1(F)OC(=O)c1ccccc1. The van der Waals surface area contributed by atoms with Crippen LogP contribution in [0.5, 0.6) is 0 Å². The van der Waals surface area contributed by atoms with Gasteiger partial charge in [-0.2, -0.15) is 39.5 Å². The van der Waals surface area contributed by atoms with Crippen LogP contribution in [0, 0.1) is 0 Å². The summed E-state index contributed by atoms with van der Waals surface area (Å²) >= 11 is 0. The van der Waals surface area contributed by atoms with E-state index >= 15 is 4.39 Å². The van der Waals surface area contributed by atoms with Crippen molar-refractivity contribution in [2.24, 2.45) is 0 Å². The Morgan fingerprint density at radius 2 is 1.31 bits per heavy atom. The minimum atomic E-state index is -6.92. The molecular formula is C17H15F9O3. The molecule has 0 radical (unpaired) electrons. The van der Waals surface area contributed by atoms with Crippen LogP contribution in [0.4, 0.5) is 39.5 Å². The first kappa shape index (κ1) is 23.3. The van der Waals surface area contributed by atoms with Crippen LogP contribution in [-0.4, -0.2) is 47.2 Å². The van der Waals surface area contributed by atoms with Crippen LogP contribution in [0.15, 0.2) is 30.3 Å². The molecule has 2 rings (SSSR count).